The monoisotopic (exact) mass is 276 g/mol. The van der Waals surface area contributed by atoms with E-state index >= 15 is 0 Å². The molecular weight excluding hydrogens is 263 g/mol. The topological polar surface area (TPSA) is 69.1 Å². The minimum atomic E-state index is -0.631. The smallest absolute Gasteiger partial charge is 0.248 e. The number of hydrogen-bond donors (Lipinski definition) is 2. The molecule has 98 valence electrons. The highest BCUT2D eigenvalue weighted by Gasteiger charge is 2.07. The normalized spacial score (nSPS) is 10.4. The summed E-state index contributed by atoms with van der Waals surface area (Å²) in [5, 5.41) is 0. The molecule has 0 saturated heterocycles. The molecule has 2 aromatic carbocycles. The Morgan fingerprint density at radius 2 is 2.00 bits per heavy atom. The van der Waals surface area contributed by atoms with E-state index < -0.39 is 11.7 Å². The van der Waals surface area contributed by atoms with Gasteiger partial charge in [-0.1, -0.05) is 12.1 Å². The van der Waals surface area contributed by atoms with Gasteiger partial charge < -0.3 is 11.5 Å². The minimum Gasteiger partial charge on any atom is -0.399 e. The van der Waals surface area contributed by atoms with Crippen LogP contribution in [0.2, 0.25) is 0 Å². The van der Waals surface area contributed by atoms with E-state index in [2.05, 4.69) is 0 Å². The third-order valence-corrected chi connectivity index (χ3v) is 3.63. The Morgan fingerprint density at radius 3 is 2.63 bits per heavy atom. The molecule has 0 aliphatic heterocycles. The number of halogens is 1. The lowest BCUT2D eigenvalue weighted by Crippen LogP contribution is -2.11. The maximum Gasteiger partial charge on any atom is 0.248 e. The van der Waals surface area contributed by atoms with Gasteiger partial charge in [0.25, 0.3) is 0 Å². The SMILES string of the molecule is NC(=O)c1ccc(CSc2cccc(N)c2)c(F)c1. The van der Waals surface area contributed by atoms with E-state index in [1.54, 1.807) is 12.1 Å². The zero-order valence-electron chi connectivity index (χ0n) is 10.1. The van der Waals surface area contributed by atoms with Gasteiger partial charge >= 0.3 is 0 Å². The summed E-state index contributed by atoms with van der Waals surface area (Å²) in [6.07, 6.45) is 0. The number of rotatable bonds is 4. The summed E-state index contributed by atoms with van der Waals surface area (Å²) in [5.41, 5.74) is 12.1. The van der Waals surface area contributed by atoms with Crippen LogP contribution in [0.3, 0.4) is 0 Å². The number of carbonyl (C=O) groups excluding carboxylic acids is 1. The number of amides is 1. The lowest BCUT2D eigenvalue weighted by atomic mass is 10.1. The molecule has 0 aromatic heterocycles. The van der Waals surface area contributed by atoms with Gasteiger partial charge in [-0.25, -0.2) is 4.39 Å². The second-order valence-electron chi connectivity index (χ2n) is 4.03. The highest BCUT2D eigenvalue weighted by atomic mass is 32.2. The average Bonchev–Trinajstić information content (AvgIpc) is 2.37. The van der Waals surface area contributed by atoms with Crippen molar-refractivity contribution in [3.63, 3.8) is 0 Å². The first-order chi connectivity index (χ1) is 9.06. The van der Waals surface area contributed by atoms with Crippen LogP contribution in [0.25, 0.3) is 0 Å². The van der Waals surface area contributed by atoms with E-state index in [1.807, 2.05) is 18.2 Å². The van der Waals surface area contributed by atoms with E-state index in [9.17, 15) is 9.18 Å². The van der Waals surface area contributed by atoms with Gasteiger partial charge in [-0.15, -0.1) is 11.8 Å². The van der Waals surface area contributed by atoms with Gasteiger partial charge in [0.05, 0.1) is 0 Å². The Hall–Kier alpha value is -2.01. The fourth-order valence-corrected chi connectivity index (χ4v) is 2.53. The van der Waals surface area contributed by atoms with Crippen LogP contribution in [0.1, 0.15) is 15.9 Å². The van der Waals surface area contributed by atoms with E-state index in [0.717, 1.165) is 11.0 Å². The molecule has 0 fully saturated rings. The summed E-state index contributed by atoms with van der Waals surface area (Å²) >= 11 is 1.48. The highest BCUT2D eigenvalue weighted by Crippen LogP contribution is 2.25. The third kappa shape index (κ3) is 3.48. The van der Waals surface area contributed by atoms with Gasteiger partial charge in [0.15, 0.2) is 0 Å². The van der Waals surface area contributed by atoms with E-state index in [1.165, 1.54) is 17.8 Å². The fourth-order valence-electron chi connectivity index (χ4n) is 1.58. The van der Waals surface area contributed by atoms with Gasteiger partial charge in [-0.2, -0.15) is 0 Å². The predicted octanol–water partition coefficient (Wildman–Crippen LogP) is 2.80. The molecule has 0 atom stereocenters. The Kier molecular flexibility index (Phi) is 4.06. The molecule has 19 heavy (non-hydrogen) atoms. The molecule has 2 rings (SSSR count). The van der Waals surface area contributed by atoms with Crippen LogP contribution in [0.15, 0.2) is 47.4 Å². The number of primary amides is 1. The molecule has 1 amide bonds. The second kappa shape index (κ2) is 5.75. The number of hydrogen-bond acceptors (Lipinski definition) is 3. The fraction of sp³-hybridized carbons (Fsp3) is 0.0714. The summed E-state index contributed by atoms with van der Waals surface area (Å²) in [6, 6.07) is 11.7. The van der Waals surface area contributed by atoms with Crippen LogP contribution in [-0.4, -0.2) is 5.91 Å². The van der Waals surface area contributed by atoms with Gasteiger partial charge in [-0.05, 0) is 35.9 Å². The standard InChI is InChI=1S/C14H13FN2OS/c15-13-6-9(14(17)18)4-5-10(13)8-19-12-3-1-2-11(16)7-12/h1-7H,8,16H2,(H2,17,18). The van der Waals surface area contributed by atoms with E-state index in [4.69, 9.17) is 11.5 Å². The molecular formula is C14H13FN2OS. The number of carbonyl (C=O) groups is 1. The molecule has 0 aliphatic rings. The van der Waals surface area contributed by atoms with Gasteiger partial charge in [0.1, 0.15) is 5.82 Å². The van der Waals surface area contributed by atoms with Crippen molar-refractivity contribution in [1.29, 1.82) is 0 Å². The van der Waals surface area contributed by atoms with E-state index in [0.29, 0.717) is 17.0 Å². The third-order valence-electron chi connectivity index (χ3n) is 2.59. The first-order valence-electron chi connectivity index (χ1n) is 5.63. The maximum absolute atomic E-state index is 13.7. The molecule has 3 nitrogen and oxygen atoms in total. The van der Waals surface area contributed by atoms with Crippen LogP contribution in [0.5, 0.6) is 0 Å². The number of nitrogen functional groups attached to an aromatic ring is 1. The predicted molar refractivity (Wildman–Crippen MR) is 75.3 cm³/mol. The minimum absolute atomic E-state index is 0.176. The summed E-state index contributed by atoms with van der Waals surface area (Å²) in [7, 11) is 0. The molecule has 0 unspecified atom stereocenters. The molecule has 4 N–H and O–H groups in total. The molecule has 0 spiro atoms. The average molecular weight is 276 g/mol. The summed E-state index contributed by atoms with van der Waals surface area (Å²) in [6.45, 7) is 0. The summed E-state index contributed by atoms with van der Waals surface area (Å²) in [4.78, 5) is 11.9. The summed E-state index contributed by atoms with van der Waals surface area (Å²) in [5.74, 6) is -0.587. The number of anilines is 1. The van der Waals surface area contributed by atoms with Gasteiger partial charge in [0, 0.05) is 21.9 Å². The van der Waals surface area contributed by atoms with Crippen molar-refractivity contribution in [1.82, 2.24) is 0 Å². The van der Waals surface area contributed by atoms with Crippen molar-refractivity contribution in [2.24, 2.45) is 5.73 Å². The van der Waals surface area contributed by atoms with Crippen LogP contribution in [0, 0.1) is 5.82 Å². The van der Waals surface area contributed by atoms with E-state index in [-0.39, 0.29) is 5.56 Å². The second-order valence-corrected chi connectivity index (χ2v) is 5.08. The molecule has 5 heteroatoms. The number of benzene rings is 2. The zero-order chi connectivity index (χ0) is 13.8. The Morgan fingerprint density at radius 1 is 1.21 bits per heavy atom. The van der Waals surface area contributed by atoms with Gasteiger partial charge in [-0.3, -0.25) is 4.79 Å². The van der Waals surface area contributed by atoms with Crippen LogP contribution in [-0.2, 0) is 5.75 Å². The Balaban J connectivity index is 2.10. The van der Waals surface area contributed by atoms with Crippen molar-refractivity contribution < 1.29 is 9.18 Å². The van der Waals surface area contributed by atoms with Crippen molar-refractivity contribution in [3.8, 4) is 0 Å². The van der Waals surface area contributed by atoms with Crippen molar-refractivity contribution in [2.75, 3.05) is 5.73 Å². The number of nitrogens with two attached hydrogens (primary N) is 2. The Labute approximate surface area is 114 Å². The Bertz CT molecular complexity index is 616. The first-order valence-corrected chi connectivity index (χ1v) is 6.61. The lowest BCUT2D eigenvalue weighted by Gasteiger charge is -2.05. The van der Waals surface area contributed by atoms with Gasteiger partial charge in [0.2, 0.25) is 5.91 Å². The number of thioether (sulfide) groups is 1. The molecule has 0 heterocycles. The highest BCUT2D eigenvalue weighted by molar-refractivity contribution is 7.98. The molecule has 2 aromatic rings. The van der Waals surface area contributed by atoms with Crippen molar-refractivity contribution >= 4 is 23.4 Å². The lowest BCUT2D eigenvalue weighted by molar-refractivity contribution is 0.1000. The maximum atomic E-state index is 13.7. The van der Waals surface area contributed by atoms with Crippen LogP contribution < -0.4 is 11.5 Å². The quantitative estimate of drug-likeness (QED) is 0.666. The van der Waals surface area contributed by atoms with Crippen LogP contribution >= 0.6 is 11.8 Å². The van der Waals surface area contributed by atoms with Crippen LogP contribution in [0.4, 0.5) is 10.1 Å². The molecule has 0 saturated carbocycles. The molecule has 0 bridgehead atoms. The first kappa shape index (κ1) is 13.4. The van der Waals surface area contributed by atoms with Crippen molar-refractivity contribution in [2.45, 2.75) is 10.6 Å². The summed E-state index contributed by atoms with van der Waals surface area (Å²) < 4.78 is 13.7. The largest absolute Gasteiger partial charge is 0.399 e. The zero-order valence-corrected chi connectivity index (χ0v) is 10.9. The van der Waals surface area contributed by atoms with Crippen molar-refractivity contribution in [3.05, 3.63) is 59.4 Å². The molecule has 0 aliphatic carbocycles. The molecule has 0 radical (unpaired) electrons.